The molecule has 0 radical (unpaired) electrons. The number of carbonyl (C=O) groups is 1. The third-order valence-corrected chi connectivity index (χ3v) is 5.10. The van der Waals surface area contributed by atoms with Crippen LogP contribution in [-0.4, -0.2) is 21.5 Å². The molecule has 2 rings (SSSR count). The highest BCUT2D eigenvalue weighted by Crippen LogP contribution is 2.20. The zero-order valence-electron chi connectivity index (χ0n) is 12.7. The van der Waals surface area contributed by atoms with Crippen LogP contribution in [0.2, 0.25) is 0 Å². The quantitative estimate of drug-likeness (QED) is 0.566. The normalized spacial score (nSPS) is 11.1. The van der Waals surface area contributed by atoms with Crippen molar-refractivity contribution in [1.29, 1.82) is 0 Å². The van der Waals surface area contributed by atoms with Gasteiger partial charge in [-0.15, -0.1) is 0 Å². The number of hydrogen-bond acceptors (Lipinski definition) is 4. The maximum atomic E-state index is 12.3. The number of benzene rings is 2. The minimum absolute atomic E-state index is 0.167. The van der Waals surface area contributed by atoms with E-state index in [2.05, 4.69) is 32.0 Å². The summed E-state index contributed by atoms with van der Waals surface area (Å²) in [5, 5.41) is 0. The molecule has 122 valence electrons. The molecule has 0 heterocycles. The molecular formula is C16H16INO4S. The van der Waals surface area contributed by atoms with E-state index in [-0.39, 0.29) is 5.75 Å². The van der Waals surface area contributed by atoms with E-state index < -0.39 is 16.0 Å². The number of halogens is 1. The Labute approximate surface area is 149 Å². The average molecular weight is 445 g/mol. The molecule has 0 aliphatic heterocycles. The van der Waals surface area contributed by atoms with Gasteiger partial charge >= 0.3 is 5.97 Å². The van der Waals surface area contributed by atoms with E-state index in [1.165, 1.54) is 7.11 Å². The summed E-state index contributed by atoms with van der Waals surface area (Å²) in [5.41, 5.74) is 2.40. The van der Waals surface area contributed by atoms with Crippen LogP contribution in [0.3, 0.4) is 0 Å². The Morgan fingerprint density at radius 1 is 1.17 bits per heavy atom. The lowest BCUT2D eigenvalue weighted by Crippen LogP contribution is -2.16. The fourth-order valence-corrected chi connectivity index (χ4v) is 3.93. The molecule has 0 fully saturated rings. The summed E-state index contributed by atoms with van der Waals surface area (Å²) in [4.78, 5) is 11.4. The lowest BCUT2D eigenvalue weighted by Gasteiger charge is -2.11. The van der Waals surface area contributed by atoms with Crippen LogP contribution in [0.5, 0.6) is 0 Å². The van der Waals surface area contributed by atoms with Crippen molar-refractivity contribution in [2.24, 2.45) is 0 Å². The second kappa shape index (κ2) is 7.31. The molecule has 0 unspecified atom stereocenters. The first-order valence-electron chi connectivity index (χ1n) is 6.74. The van der Waals surface area contributed by atoms with Crippen LogP contribution in [0.25, 0.3) is 0 Å². The zero-order chi connectivity index (χ0) is 17.0. The molecular weight excluding hydrogens is 429 g/mol. The Hall–Kier alpha value is -1.61. The van der Waals surface area contributed by atoms with Gasteiger partial charge in [0.1, 0.15) is 0 Å². The molecule has 0 aromatic heterocycles. The lowest BCUT2D eigenvalue weighted by molar-refractivity contribution is 0.0600. The average Bonchev–Trinajstić information content (AvgIpc) is 2.49. The first-order chi connectivity index (χ1) is 10.8. The maximum absolute atomic E-state index is 12.3. The molecule has 0 spiro atoms. The van der Waals surface area contributed by atoms with E-state index in [9.17, 15) is 13.2 Å². The summed E-state index contributed by atoms with van der Waals surface area (Å²) >= 11 is 2.17. The smallest absolute Gasteiger partial charge is 0.337 e. The first kappa shape index (κ1) is 17.7. The van der Waals surface area contributed by atoms with Crippen LogP contribution in [0.15, 0.2) is 42.5 Å². The zero-order valence-corrected chi connectivity index (χ0v) is 15.6. The fraction of sp³-hybridized carbons (Fsp3) is 0.188. The van der Waals surface area contributed by atoms with Gasteiger partial charge in [0.05, 0.1) is 24.1 Å². The number of hydrogen-bond donors (Lipinski definition) is 1. The van der Waals surface area contributed by atoms with Crippen molar-refractivity contribution in [3.05, 3.63) is 62.7 Å². The van der Waals surface area contributed by atoms with Crippen molar-refractivity contribution in [3.63, 3.8) is 0 Å². The van der Waals surface area contributed by atoms with Gasteiger partial charge in [-0.25, -0.2) is 13.2 Å². The SMILES string of the molecule is COC(=O)c1ccc(CS(=O)(=O)Nc2ccc(I)cc2C)cc1. The second-order valence-electron chi connectivity index (χ2n) is 5.01. The van der Waals surface area contributed by atoms with Gasteiger partial charge in [0.2, 0.25) is 10.0 Å². The van der Waals surface area contributed by atoms with Crippen LogP contribution in [0.1, 0.15) is 21.5 Å². The summed E-state index contributed by atoms with van der Waals surface area (Å²) in [5.74, 6) is -0.619. The van der Waals surface area contributed by atoms with Crippen molar-refractivity contribution in [3.8, 4) is 0 Å². The number of methoxy groups -OCH3 is 1. The Morgan fingerprint density at radius 2 is 1.83 bits per heavy atom. The molecule has 0 aliphatic carbocycles. The van der Waals surface area contributed by atoms with Gasteiger partial charge in [-0.05, 0) is 71.0 Å². The third-order valence-electron chi connectivity index (χ3n) is 3.19. The Kier molecular flexibility index (Phi) is 5.64. The molecule has 0 saturated carbocycles. The molecule has 2 aromatic carbocycles. The second-order valence-corrected chi connectivity index (χ2v) is 7.98. The molecule has 1 N–H and O–H groups in total. The largest absolute Gasteiger partial charge is 0.465 e. The van der Waals surface area contributed by atoms with Crippen molar-refractivity contribution in [2.45, 2.75) is 12.7 Å². The van der Waals surface area contributed by atoms with E-state index >= 15 is 0 Å². The van der Waals surface area contributed by atoms with Gasteiger partial charge in [0.25, 0.3) is 0 Å². The van der Waals surface area contributed by atoms with E-state index in [1.807, 2.05) is 19.1 Å². The van der Waals surface area contributed by atoms with E-state index in [4.69, 9.17) is 0 Å². The van der Waals surface area contributed by atoms with Crippen molar-refractivity contribution >= 4 is 44.3 Å². The molecule has 0 saturated heterocycles. The van der Waals surface area contributed by atoms with Crippen molar-refractivity contribution in [2.75, 3.05) is 11.8 Å². The molecule has 0 bridgehead atoms. The molecule has 0 atom stereocenters. The Balaban J connectivity index is 2.13. The van der Waals surface area contributed by atoms with Crippen LogP contribution >= 0.6 is 22.6 Å². The third kappa shape index (κ3) is 4.93. The first-order valence-corrected chi connectivity index (χ1v) is 9.48. The molecule has 2 aromatic rings. The van der Waals surface area contributed by atoms with Crippen molar-refractivity contribution in [1.82, 2.24) is 0 Å². The highest BCUT2D eigenvalue weighted by molar-refractivity contribution is 14.1. The number of aryl methyl sites for hydroxylation is 1. The summed E-state index contributed by atoms with van der Waals surface area (Å²) in [7, 11) is -2.23. The number of carbonyl (C=O) groups excluding carboxylic acids is 1. The minimum Gasteiger partial charge on any atom is -0.465 e. The minimum atomic E-state index is -3.53. The number of sulfonamides is 1. The number of anilines is 1. The van der Waals surface area contributed by atoms with Crippen LogP contribution in [0, 0.1) is 10.5 Å². The van der Waals surface area contributed by atoms with Gasteiger partial charge in [-0.2, -0.15) is 0 Å². The predicted octanol–water partition coefficient (Wildman–Crippen LogP) is 3.33. The number of nitrogens with one attached hydrogen (secondary N) is 1. The summed E-state index contributed by atoms with van der Waals surface area (Å²) in [6.07, 6.45) is 0. The Bertz CT molecular complexity index is 816. The van der Waals surface area contributed by atoms with Crippen molar-refractivity contribution < 1.29 is 17.9 Å². The molecule has 5 nitrogen and oxygen atoms in total. The standard InChI is InChI=1S/C16H16INO4S/c1-11-9-14(17)7-8-15(11)18-23(20,21)10-12-3-5-13(6-4-12)16(19)22-2/h3-9,18H,10H2,1-2H3. The van der Waals surface area contributed by atoms with Crippen LogP contribution in [0.4, 0.5) is 5.69 Å². The predicted molar refractivity (Wildman–Crippen MR) is 97.9 cm³/mol. The summed E-state index contributed by atoms with van der Waals surface area (Å²) in [6, 6.07) is 11.8. The number of esters is 1. The highest BCUT2D eigenvalue weighted by atomic mass is 127. The van der Waals surface area contributed by atoms with E-state index in [0.717, 1.165) is 9.13 Å². The van der Waals surface area contributed by atoms with Gasteiger partial charge in [0, 0.05) is 3.57 Å². The Morgan fingerprint density at radius 3 is 2.39 bits per heavy atom. The van der Waals surface area contributed by atoms with Gasteiger partial charge in [-0.1, -0.05) is 12.1 Å². The fourth-order valence-electron chi connectivity index (χ4n) is 2.02. The molecule has 0 amide bonds. The molecule has 7 heteroatoms. The summed E-state index contributed by atoms with van der Waals surface area (Å²) < 4.78 is 32.8. The maximum Gasteiger partial charge on any atom is 0.337 e. The summed E-state index contributed by atoms with van der Waals surface area (Å²) in [6.45, 7) is 1.85. The van der Waals surface area contributed by atoms with Gasteiger partial charge < -0.3 is 4.74 Å². The lowest BCUT2D eigenvalue weighted by atomic mass is 10.1. The van der Waals surface area contributed by atoms with Gasteiger partial charge in [-0.3, -0.25) is 4.72 Å². The molecule has 23 heavy (non-hydrogen) atoms. The van der Waals surface area contributed by atoms with Crippen LogP contribution in [-0.2, 0) is 20.5 Å². The highest BCUT2D eigenvalue weighted by Gasteiger charge is 2.14. The number of rotatable bonds is 5. The van der Waals surface area contributed by atoms with E-state index in [1.54, 1.807) is 30.3 Å². The topological polar surface area (TPSA) is 72.5 Å². The molecule has 0 aliphatic rings. The number of ether oxygens (including phenoxy) is 1. The monoisotopic (exact) mass is 445 g/mol. The van der Waals surface area contributed by atoms with Gasteiger partial charge in [0.15, 0.2) is 0 Å². The van der Waals surface area contributed by atoms with Crippen LogP contribution < -0.4 is 4.72 Å². The van der Waals surface area contributed by atoms with E-state index in [0.29, 0.717) is 16.8 Å².